The van der Waals surface area contributed by atoms with Gasteiger partial charge in [0.2, 0.25) is 5.70 Å². The van der Waals surface area contributed by atoms with Crippen molar-refractivity contribution in [3.8, 4) is 0 Å². The fourth-order valence-electron chi connectivity index (χ4n) is 0.623. The second kappa shape index (κ2) is 9.94. The zero-order chi connectivity index (χ0) is 14.7. The van der Waals surface area contributed by atoms with Gasteiger partial charge in [-0.05, 0) is 19.0 Å². The molecule has 0 fully saturated rings. The van der Waals surface area contributed by atoms with E-state index in [2.05, 4.69) is 14.7 Å². The number of carbonyl (C=O) groups is 3. The molecule has 0 atom stereocenters. The van der Waals surface area contributed by atoms with Crippen LogP contribution in [0.25, 0.3) is 0 Å². The number of ether oxygens (including phenoxy) is 2. The van der Waals surface area contributed by atoms with Gasteiger partial charge in [-0.2, -0.15) is 0 Å². The van der Waals surface area contributed by atoms with E-state index in [9.17, 15) is 19.3 Å². The van der Waals surface area contributed by atoms with Gasteiger partial charge in [-0.3, -0.25) is 9.59 Å². The van der Waals surface area contributed by atoms with Gasteiger partial charge in [0.15, 0.2) is 0 Å². The van der Waals surface area contributed by atoms with E-state index < -0.39 is 23.4 Å². The molecule has 0 aromatic rings. The number of esters is 2. The fraction of sp³-hybridized carbons (Fsp3) is 0.500. The van der Waals surface area contributed by atoms with Crippen molar-refractivity contribution in [2.45, 2.75) is 20.3 Å². The standard InChI is InChI=1S/C5H7NO4.C5H8O3/c1-3(7)4(6-9)5(8)10-2;1-4(6)3-5(7)8-2/h7H,1-2H3;3H2,1-2H3. The lowest BCUT2D eigenvalue weighted by molar-refractivity contribution is -0.143. The third kappa shape index (κ3) is 9.01. The summed E-state index contributed by atoms with van der Waals surface area (Å²) in [5, 5.41) is 10.9. The summed E-state index contributed by atoms with van der Waals surface area (Å²) >= 11 is 0. The van der Waals surface area contributed by atoms with Crippen molar-refractivity contribution in [1.82, 2.24) is 0 Å². The number of aliphatic hydroxyl groups excluding tert-OH is 1. The Hall–Kier alpha value is -2.25. The average molecular weight is 261 g/mol. The molecule has 0 aromatic heterocycles. The Morgan fingerprint density at radius 2 is 1.61 bits per heavy atom. The molecule has 0 spiro atoms. The van der Waals surface area contributed by atoms with Crippen molar-refractivity contribution >= 4 is 17.7 Å². The minimum absolute atomic E-state index is 0.115. The summed E-state index contributed by atoms with van der Waals surface area (Å²) in [6.45, 7) is 2.52. The molecule has 1 N–H and O–H groups in total. The van der Waals surface area contributed by atoms with Gasteiger partial charge in [0.1, 0.15) is 18.0 Å². The van der Waals surface area contributed by atoms with E-state index in [0.717, 1.165) is 7.11 Å². The van der Waals surface area contributed by atoms with E-state index in [4.69, 9.17) is 5.11 Å². The molecule has 0 heterocycles. The molecule has 0 bridgehead atoms. The highest BCUT2D eigenvalue weighted by Crippen LogP contribution is 2.03. The summed E-state index contributed by atoms with van der Waals surface area (Å²) in [4.78, 5) is 40.5. The monoisotopic (exact) mass is 261 g/mol. The number of rotatable bonds is 4. The van der Waals surface area contributed by atoms with Gasteiger partial charge in [-0.1, -0.05) is 0 Å². The van der Waals surface area contributed by atoms with Crippen LogP contribution >= 0.6 is 0 Å². The molecule has 0 saturated carbocycles. The van der Waals surface area contributed by atoms with E-state index in [0.29, 0.717) is 0 Å². The molecule has 0 saturated heterocycles. The molecule has 0 aromatic carbocycles. The first-order valence-corrected chi connectivity index (χ1v) is 4.67. The summed E-state index contributed by atoms with van der Waals surface area (Å²) in [7, 11) is 2.35. The van der Waals surface area contributed by atoms with Gasteiger partial charge in [0, 0.05) is 0 Å². The van der Waals surface area contributed by atoms with Crippen LogP contribution in [-0.4, -0.2) is 37.0 Å². The topological polar surface area (TPSA) is 119 Å². The van der Waals surface area contributed by atoms with Crippen LogP contribution in [0.15, 0.2) is 16.6 Å². The Morgan fingerprint density at radius 1 is 1.11 bits per heavy atom. The highest BCUT2D eigenvalue weighted by Gasteiger charge is 2.13. The van der Waals surface area contributed by atoms with Crippen molar-refractivity contribution in [2.75, 3.05) is 14.2 Å². The highest BCUT2D eigenvalue weighted by molar-refractivity contribution is 5.94. The minimum atomic E-state index is -0.935. The van der Waals surface area contributed by atoms with Gasteiger partial charge in [0.05, 0.1) is 14.2 Å². The Morgan fingerprint density at radius 3 is 1.72 bits per heavy atom. The van der Waals surface area contributed by atoms with E-state index in [1.807, 2.05) is 0 Å². The summed E-state index contributed by atoms with van der Waals surface area (Å²) in [6.07, 6.45) is -0.115. The molecule has 8 nitrogen and oxygen atoms in total. The van der Waals surface area contributed by atoms with Crippen molar-refractivity contribution in [3.05, 3.63) is 16.4 Å². The van der Waals surface area contributed by atoms with Crippen LogP contribution in [0.2, 0.25) is 0 Å². The fourth-order valence-corrected chi connectivity index (χ4v) is 0.623. The molecule has 0 rings (SSSR count). The van der Waals surface area contributed by atoms with Crippen LogP contribution in [-0.2, 0) is 23.9 Å². The molecule has 0 aliphatic heterocycles. The lowest BCUT2D eigenvalue weighted by Gasteiger charge is -1.95. The average Bonchev–Trinajstić information content (AvgIpc) is 2.29. The zero-order valence-corrected chi connectivity index (χ0v) is 10.6. The normalized spacial score (nSPS) is 10.2. The number of allylic oxidation sites excluding steroid dienone is 1. The molecule has 0 aliphatic carbocycles. The summed E-state index contributed by atoms with van der Waals surface area (Å²) in [6, 6.07) is 0. The number of Topliss-reactive ketones (excluding diaryl/α,β-unsaturated/α-hetero) is 1. The molecule has 8 heteroatoms. The van der Waals surface area contributed by atoms with Gasteiger partial charge in [0.25, 0.3) is 0 Å². The number of nitrogens with zero attached hydrogens (tertiary/aromatic N) is 1. The number of hydrogen-bond acceptors (Lipinski definition) is 8. The molecule has 18 heavy (non-hydrogen) atoms. The second-order valence-corrected chi connectivity index (χ2v) is 2.97. The van der Waals surface area contributed by atoms with Crippen LogP contribution in [0.1, 0.15) is 20.3 Å². The van der Waals surface area contributed by atoms with Crippen molar-refractivity contribution in [1.29, 1.82) is 0 Å². The number of nitroso groups, excluding NO2 is 1. The Kier molecular flexibility index (Phi) is 10.0. The molecule has 0 radical (unpaired) electrons. The minimum Gasteiger partial charge on any atom is -0.510 e. The Bertz CT molecular complexity index is 355. The third-order valence-electron chi connectivity index (χ3n) is 1.43. The Balaban J connectivity index is 0. The maximum Gasteiger partial charge on any atom is 0.363 e. The van der Waals surface area contributed by atoms with E-state index in [-0.39, 0.29) is 12.2 Å². The summed E-state index contributed by atoms with van der Waals surface area (Å²) < 4.78 is 8.32. The first-order chi connectivity index (χ1) is 8.29. The first kappa shape index (κ1) is 18.1. The number of carbonyl (C=O) groups excluding carboxylic acids is 3. The highest BCUT2D eigenvalue weighted by atomic mass is 16.5. The second-order valence-electron chi connectivity index (χ2n) is 2.97. The van der Waals surface area contributed by atoms with E-state index >= 15 is 0 Å². The predicted molar refractivity (Wildman–Crippen MR) is 60.5 cm³/mol. The molecule has 102 valence electrons. The van der Waals surface area contributed by atoms with Crippen LogP contribution in [0.4, 0.5) is 0 Å². The number of aliphatic hydroxyl groups is 1. The lowest BCUT2D eigenvalue weighted by atomic mass is 10.3. The predicted octanol–water partition coefficient (Wildman–Crippen LogP) is 0.854. The maximum atomic E-state index is 10.5. The number of methoxy groups -OCH3 is 2. The van der Waals surface area contributed by atoms with Crippen molar-refractivity contribution < 1.29 is 29.0 Å². The summed E-state index contributed by atoms with van der Waals surface area (Å²) in [5.74, 6) is -2.02. The smallest absolute Gasteiger partial charge is 0.363 e. The molecule has 0 unspecified atom stereocenters. The van der Waals surface area contributed by atoms with Crippen LogP contribution in [0.3, 0.4) is 0 Å². The van der Waals surface area contributed by atoms with E-state index in [1.165, 1.54) is 21.0 Å². The van der Waals surface area contributed by atoms with Crippen LogP contribution in [0, 0.1) is 4.91 Å². The van der Waals surface area contributed by atoms with Gasteiger partial charge in [-0.25, -0.2) is 4.79 Å². The molecule has 0 aliphatic rings. The van der Waals surface area contributed by atoms with Gasteiger partial charge in [-0.15, -0.1) is 4.91 Å². The van der Waals surface area contributed by atoms with Gasteiger partial charge >= 0.3 is 11.9 Å². The molecular formula is C10H15NO7. The SMILES string of the molecule is COC(=O)C(N=O)=C(C)O.COC(=O)CC(C)=O. The number of hydrogen-bond donors (Lipinski definition) is 1. The molecule has 0 amide bonds. The van der Waals surface area contributed by atoms with Crippen LogP contribution < -0.4 is 0 Å². The lowest BCUT2D eigenvalue weighted by Crippen LogP contribution is -2.05. The van der Waals surface area contributed by atoms with Gasteiger partial charge < -0.3 is 14.6 Å². The zero-order valence-electron chi connectivity index (χ0n) is 10.6. The van der Waals surface area contributed by atoms with Crippen molar-refractivity contribution in [2.24, 2.45) is 5.18 Å². The largest absolute Gasteiger partial charge is 0.510 e. The summed E-state index contributed by atoms with van der Waals surface area (Å²) in [5.41, 5.74) is -0.595. The van der Waals surface area contributed by atoms with Crippen LogP contribution in [0.5, 0.6) is 0 Å². The van der Waals surface area contributed by atoms with E-state index in [1.54, 1.807) is 0 Å². The quantitative estimate of drug-likeness (QED) is 0.262. The maximum absolute atomic E-state index is 10.5. The van der Waals surface area contributed by atoms with Crippen molar-refractivity contribution in [3.63, 3.8) is 0 Å². The number of ketones is 1. The molecular weight excluding hydrogens is 246 g/mol. The Labute approximate surface area is 104 Å². The first-order valence-electron chi connectivity index (χ1n) is 4.67. The third-order valence-corrected chi connectivity index (χ3v) is 1.43.